The van der Waals surface area contributed by atoms with Crippen molar-refractivity contribution in [3.63, 3.8) is 0 Å². The van der Waals surface area contributed by atoms with Crippen molar-refractivity contribution in [2.45, 2.75) is 0 Å². The normalized spacial score (nSPS) is 9.93. The van der Waals surface area contributed by atoms with Gasteiger partial charge in [-0.1, -0.05) is 23.7 Å². The number of nitrogens with one attached hydrogen (secondary N) is 1. The predicted octanol–water partition coefficient (Wildman–Crippen LogP) is 2.62. The highest BCUT2D eigenvalue weighted by molar-refractivity contribution is 6.33. The van der Waals surface area contributed by atoms with Crippen molar-refractivity contribution in [2.75, 3.05) is 5.32 Å². The Balaban J connectivity index is 2.17. The van der Waals surface area contributed by atoms with Gasteiger partial charge in [0.25, 0.3) is 0 Å². The van der Waals surface area contributed by atoms with E-state index >= 15 is 0 Å². The maximum absolute atomic E-state index is 11.6. The molecular weight excluding hydrogens is 214 g/mol. The van der Waals surface area contributed by atoms with E-state index < -0.39 is 0 Å². The van der Waals surface area contributed by atoms with E-state index in [4.69, 9.17) is 11.6 Å². The van der Waals surface area contributed by atoms with Crippen molar-refractivity contribution in [1.82, 2.24) is 9.78 Å². The zero-order valence-corrected chi connectivity index (χ0v) is 8.48. The maximum Gasteiger partial charge on any atom is 0.346 e. The minimum Gasteiger partial charge on any atom is -0.305 e. The van der Waals surface area contributed by atoms with Gasteiger partial charge in [-0.3, -0.25) is 0 Å². The second kappa shape index (κ2) is 4.14. The number of aromatic nitrogens is 2. The molecule has 2 rings (SSSR count). The molecule has 0 atom stereocenters. The fraction of sp³-hybridized carbons (Fsp3) is 0. The Bertz CT molecular complexity index is 467. The molecule has 1 aromatic carbocycles. The summed E-state index contributed by atoms with van der Waals surface area (Å²) in [4.78, 5) is 11.6. The first-order chi connectivity index (χ1) is 7.27. The molecule has 2 aromatic rings. The van der Waals surface area contributed by atoms with E-state index in [1.54, 1.807) is 36.5 Å². The highest BCUT2D eigenvalue weighted by Crippen LogP contribution is 2.20. The number of carbonyl (C=O) groups excluding carboxylic acids is 1. The van der Waals surface area contributed by atoms with Crippen molar-refractivity contribution < 1.29 is 4.79 Å². The Labute approximate surface area is 91.5 Å². The number of para-hydroxylation sites is 1. The van der Waals surface area contributed by atoms with Crippen molar-refractivity contribution in [3.05, 3.63) is 47.7 Å². The lowest BCUT2D eigenvalue weighted by Gasteiger charge is -2.05. The number of hydrogen-bond acceptors (Lipinski definition) is 2. The van der Waals surface area contributed by atoms with Crippen molar-refractivity contribution in [3.8, 4) is 0 Å². The fourth-order valence-corrected chi connectivity index (χ4v) is 1.31. The smallest absolute Gasteiger partial charge is 0.305 e. The Kier molecular flexibility index (Phi) is 2.69. The van der Waals surface area contributed by atoms with E-state index in [0.29, 0.717) is 10.7 Å². The topological polar surface area (TPSA) is 46.9 Å². The van der Waals surface area contributed by atoms with Gasteiger partial charge in [0.05, 0.1) is 10.7 Å². The minimum atomic E-state index is -0.340. The van der Waals surface area contributed by atoms with Crippen LogP contribution in [0.1, 0.15) is 0 Å². The first kappa shape index (κ1) is 9.73. The molecule has 1 N–H and O–H groups in total. The summed E-state index contributed by atoms with van der Waals surface area (Å²) < 4.78 is 1.20. The molecule has 0 saturated heterocycles. The molecule has 76 valence electrons. The number of halogens is 1. The van der Waals surface area contributed by atoms with Gasteiger partial charge < -0.3 is 5.32 Å². The van der Waals surface area contributed by atoms with Crippen LogP contribution in [-0.2, 0) is 0 Å². The summed E-state index contributed by atoms with van der Waals surface area (Å²) in [5, 5.41) is 6.94. The van der Waals surface area contributed by atoms with Crippen LogP contribution in [0.3, 0.4) is 0 Å². The minimum absolute atomic E-state index is 0.340. The summed E-state index contributed by atoms with van der Waals surface area (Å²) in [7, 11) is 0. The molecule has 0 bridgehead atoms. The van der Waals surface area contributed by atoms with E-state index in [1.165, 1.54) is 10.9 Å². The van der Waals surface area contributed by atoms with Crippen LogP contribution in [0, 0.1) is 0 Å². The quantitative estimate of drug-likeness (QED) is 0.805. The largest absolute Gasteiger partial charge is 0.346 e. The summed E-state index contributed by atoms with van der Waals surface area (Å²) in [5.41, 5.74) is 0.569. The van der Waals surface area contributed by atoms with Gasteiger partial charge in [-0.15, -0.1) is 0 Å². The third-order valence-corrected chi connectivity index (χ3v) is 2.16. The molecule has 0 aliphatic carbocycles. The van der Waals surface area contributed by atoms with Gasteiger partial charge in [0, 0.05) is 12.4 Å². The maximum atomic E-state index is 11.6. The van der Waals surface area contributed by atoms with Crippen molar-refractivity contribution >= 4 is 23.3 Å². The number of benzene rings is 1. The van der Waals surface area contributed by atoms with E-state index in [9.17, 15) is 4.79 Å². The summed E-state index contributed by atoms with van der Waals surface area (Å²) in [6.07, 6.45) is 3.10. The molecule has 1 heterocycles. The summed E-state index contributed by atoms with van der Waals surface area (Å²) in [6.45, 7) is 0. The Morgan fingerprint density at radius 2 is 2.13 bits per heavy atom. The molecule has 0 aliphatic rings. The molecule has 1 aromatic heterocycles. The summed E-state index contributed by atoms with van der Waals surface area (Å²) >= 11 is 5.89. The van der Waals surface area contributed by atoms with Gasteiger partial charge in [-0.25, -0.2) is 4.79 Å². The highest BCUT2D eigenvalue weighted by Gasteiger charge is 2.06. The molecule has 0 saturated carbocycles. The Morgan fingerprint density at radius 3 is 2.80 bits per heavy atom. The van der Waals surface area contributed by atoms with E-state index in [2.05, 4.69) is 10.4 Å². The van der Waals surface area contributed by atoms with Crippen molar-refractivity contribution in [1.29, 1.82) is 0 Å². The molecule has 0 spiro atoms. The highest BCUT2D eigenvalue weighted by atomic mass is 35.5. The third kappa shape index (κ3) is 2.16. The SMILES string of the molecule is O=C(Nc1ccccc1Cl)n1cccn1. The average molecular weight is 222 g/mol. The zero-order valence-electron chi connectivity index (χ0n) is 7.72. The van der Waals surface area contributed by atoms with Crippen LogP contribution in [0.15, 0.2) is 42.7 Å². The van der Waals surface area contributed by atoms with Crippen LogP contribution in [0.4, 0.5) is 10.5 Å². The molecule has 1 amide bonds. The second-order valence-electron chi connectivity index (χ2n) is 2.86. The zero-order chi connectivity index (χ0) is 10.7. The summed E-state index contributed by atoms with van der Waals surface area (Å²) in [5.74, 6) is 0. The third-order valence-electron chi connectivity index (χ3n) is 1.83. The summed E-state index contributed by atoms with van der Waals surface area (Å²) in [6, 6.07) is 8.36. The number of amides is 1. The monoisotopic (exact) mass is 221 g/mol. The first-order valence-corrected chi connectivity index (χ1v) is 4.71. The fourth-order valence-electron chi connectivity index (χ4n) is 1.12. The van der Waals surface area contributed by atoms with E-state index in [0.717, 1.165) is 0 Å². The van der Waals surface area contributed by atoms with Gasteiger partial charge in [0.1, 0.15) is 0 Å². The van der Waals surface area contributed by atoms with Crippen LogP contribution < -0.4 is 5.32 Å². The molecule has 4 nitrogen and oxygen atoms in total. The van der Waals surface area contributed by atoms with Gasteiger partial charge in [-0.2, -0.15) is 9.78 Å². The van der Waals surface area contributed by atoms with Crippen LogP contribution in [0.25, 0.3) is 0 Å². The molecule has 0 radical (unpaired) electrons. The predicted molar refractivity (Wildman–Crippen MR) is 58.1 cm³/mol. The number of rotatable bonds is 1. The van der Waals surface area contributed by atoms with E-state index in [1.807, 2.05) is 0 Å². The van der Waals surface area contributed by atoms with Crippen LogP contribution in [0.2, 0.25) is 5.02 Å². The molecule has 0 aliphatic heterocycles. The number of hydrogen-bond donors (Lipinski definition) is 1. The number of carbonyl (C=O) groups is 1. The van der Waals surface area contributed by atoms with Crippen LogP contribution in [0.5, 0.6) is 0 Å². The van der Waals surface area contributed by atoms with Gasteiger partial charge >= 0.3 is 6.03 Å². The molecule has 15 heavy (non-hydrogen) atoms. The molecule has 0 unspecified atom stereocenters. The second-order valence-corrected chi connectivity index (χ2v) is 3.27. The van der Waals surface area contributed by atoms with Crippen LogP contribution >= 0.6 is 11.6 Å². The standard InChI is InChI=1S/C10H8ClN3O/c11-8-4-1-2-5-9(8)13-10(15)14-7-3-6-12-14/h1-7H,(H,13,15). The number of nitrogens with zero attached hydrogens (tertiary/aromatic N) is 2. The van der Waals surface area contributed by atoms with Crippen molar-refractivity contribution in [2.24, 2.45) is 0 Å². The average Bonchev–Trinajstić information content (AvgIpc) is 2.74. The van der Waals surface area contributed by atoms with Gasteiger partial charge in [-0.05, 0) is 18.2 Å². The Morgan fingerprint density at radius 1 is 1.33 bits per heavy atom. The lowest BCUT2D eigenvalue weighted by molar-refractivity contribution is 0.251. The molecule has 5 heteroatoms. The Hall–Kier alpha value is -1.81. The van der Waals surface area contributed by atoms with Gasteiger partial charge in [0.2, 0.25) is 0 Å². The first-order valence-electron chi connectivity index (χ1n) is 4.33. The number of anilines is 1. The molecular formula is C10H8ClN3O. The lowest BCUT2D eigenvalue weighted by atomic mass is 10.3. The molecule has 0 fully saturated rings. The van der Waals surface area contributed by atoms with E-state index in [-0.39, 0.29) is 6.03 Å². The van der Waals surface area contributed by atoms with Crippen LogP contribution in [-0.4, -0.2) is 15.8 Å². The van der Waals surface area contributed by atoms with Gasteiger partial charge in [0.15, 0.2) is 0 Å². The lowest BCUT2D eigenvalue weighted by Crippen LogP contribution is -2.19.